The molecule has 6 heteroatoms. The average Bonchev–Trinajstić information content (AvgIpc) is 3.23. The Balaban J connectivity index is 1.30. The number of benzene rings is 1. The molecular weight excluding hydrogens is 415 g/mol. The second-order valence-electron chi connectivity index (χ2n) is 9.07. The molecule has 4 aromatic rings. The van der Waals surface area contributed by atoms with Crippen LogP contribution in [0.4, 0.5) is 4.39 Å². The van der Waals surface area contributed by atoms with Crippen molar-refractivity contribution in [3.05, 3.63) is 83.8 Å². The number of hydrogen-bond donors (Lipinski definition) is 0. The van der Waals surface area contributed by atoms with Gasteiger partial charge in [0.15, 0.2) is 0 Å². The fourth-order valence-corrected chi connectivity index (χ4v) is 5.10. The van der Waals surface area contributed by atoms with E-state index in [0.717, 1.165) is 59.2 Å². The van der Waals surface area contributed by atoms with Crippen molar-refractivity contribution < 1.29 is 9.18 Å². The van der Waals surface area contributed by atoms with Crippen LogP contribution in [0.3, 0.4) is 0 Å². The summed E-state index contributed by atoms with van der Waals surface area (Å²) >= 11 is 0. The summed E-state index contributed by atoms with van der Waals surface area (Å²) in [5.74, 6) is 0.614. The lowest BCUT2D eigenvalue weighted by atomic mass is 9.73. The molecule has 1 fully saturated rings. The molecule has 0 spiro atoms. The van der Waals surface area contributed by atoms with E-state index in [2.05, 4.69) is 15.1 Å². The van der Waals surface area contributed by atoms with Gasteiger partial charge in [0.2, 0.25) is 0 Å². The van der Waals surface area contributed by atoms with E-state index in [0.29, 0.717) is 24.7 Å². The van der Waals surface area contributed by atoms with Gasteiger partial charge in [-0.15, -0.1) is 0 Å². The molecule has 0 aliphatic heterocycles. The maximum absolute atomic E-state index is 13.4. The Kier molecular flexibility index (Phi) is 5.99. The normalized spacial score (nSPS) is 18.5. The van der Waals surface area contributed by atoms with Crippen molar-refractivity contribution in [2.75, 3.05) is 0 Å². The first-order valence-electron chi connectivity index (χ1n) is 11.6. The quantitative estimate of drug-likeness (QED) is 0.382. The van der Waals surface area contributed by atoms with Gasteiger partial charge in [-0.2, -0.15) is 5.10 Å². The van der Waals surface area contributed by atoms with Gasteiger partial charge in [0.1, 0.15) is 11.6 Å². The molecule has 0 saturated heterocycles. The van der Waals surface area contributed by atoms with Gasteiger partial charge in [0.05, 0.1) is 23.6 Å². The van der Waals surface area contributed by atoms with Gasteiger partial charge in [0, 0.05) is 35.8 Å². The molecular formula is C27H27FN4O. The minimum Gasteiger partial charge on any atom is -0.299 e. The SMILES string of the molecule is Cc1cc(-n2ncc3cc(CC(=O)C[C@H]4CCCC[C@H]4c4ccc(F)cc4)ncc32)ccn1. The summed E-state index contributed by atoms with van der Waals surface area (Å²) < 4.78 is 15.2. The van der Waals surface area contributed by atoms with E-state index in [-0.39, 0.29) is 11.6 Å². The predicted molar refractivity (Wildman–Crippen MR) is 126 cm³/mol. The van der Waals surface area contributed by atoms with Crippen LogP contribution in [0, 0.1) is 18.7 Å². The molecule has 5 rings (SSSR count). The lowest BCUT2D eigenvalue weighted by Gasteiger charge is -2.31. The third-order valence-corrected chi connectivity index (χ3v) is 6.71. The standard InChI is InChI=1S/C27H27FN4O/c1-18-12-24(10-11-29-18)32-27-17-30-23(13-21(27)16-31-32)15-25(33)14-20-4-2-3-5-26(20)19-6-8-22(28)9-7-19/h6-13,16-17,20,26H,2-5,14-15H2,1H3/t20-,26+/m1/s1. The summed E-state index contributed by atoms with van der Waals surface area (Å²) in [4.78, 5) is 21.8. The van der Waals surface area contributed by atoms with Crippen molar-refractivity contribution in [1.29, 1.82) is 0 Å². The minimum absolute atomic E-state index is 0.206. The molecule has 0 amide bonds. The Labute approximate surface area is 192 Å². The maximum atomic E-state index is 13.4. The molecule has 1 saturated carbocycles. The van der Waals surface area contributed by atoms with Crippen LogP contribution in [-0.2, 0) is 11.2 Å². The van der Waals surface area contributed by atoms with E-state index in [1.807, 2.05) is 48.1 Å². The molecule has 0 unspecified atom stereocenters. The molecule has 3 heterocycles. The van der Waals surface area contributed by atoms with Crippen LogP contribution in [0.5, 0.6) is 0 Å². The van der Waals surface area contributed by atoms with Crippen molar-refractivity contribution in [2.24, 2.45) is 5.92 Å². The van der Waals surface area contributed by atoms with Crippen LogP contribution in [0.1, 0.15) is 55.0 Å². The fraction of sp³-hybridized carbons (Fsp3) is 0.333. The number of fused-ring (bicyclic) bond motifs is 1. The number of hydrogen-bond acceptors (Lipinski definition) is 4. The number of pyridine rings is 2. The van der Waals surface area contributed by atoms with Gasteiger partial charge in [-0.25, -0.2) is 9.07 Å². The van der Waals surface area contributed by atoms with Gasteiger partial charge >= 0.3 is 0 Å². The molecule has 0 N–H and O–H groups in total. The van der Waals surface area contributed by atoms with Crippen molar-refractivity contribution in [1.82, 2.24) is 19.7 Å². The van der Waals surface area contributed by atoms with E-state index < -0.39 is 0 Å². The Morgan fingerprint density at radius 2 is 1.88 bits per heavy atom. The number of Topliss-reactive ketones (excluding diaryl/α,β-unsaturated/α-hetero) is 1. The second-order valence-corrected chi connectivity index (χ2v) is 9.07. The molecule has 1 aliphatic carbocycles. The molecule has 33 heavy (non-hydrogen) atoms. The van der Waals surface area contributed by atoms with Crippen molar-refractivity contribution in [3.63, 3.8) is 0 Å². The van der Waals surface area contributed by atoms with Gasteiger partial charge in [-0.1, -0.05) is 25.0 Å². The highest BCUT2D eigenvalue weighted by Gasteiger charge is 2.28. The van der Waals surface area contributed by atoms with Gasteiger partial charge in [-0.05, 0) is 67.5 Å². The summed E-state index contributed by atoms with van der Waals surface area (Å²) in [7, 11) is 0. The number of aromatic nitrogens is 4. The molecule has 168 valence electrons. The average molecular weight is 443 g/mol. The van der Waals surface area contributed by atoms with E-state index in [1.54, 1.807) is 12.4 Å². The Bertz CT molecular complexity index is 1280. The fourth-order valence-electron chi connectivity index (χ4n) is 5.10. The van der Waals surface area contributed by atoms with Crippen molar-refractivity contribution in [3.8, 4) is 5.69 Å². The van der Waals surface area contributed by atoms with Crippen LogP contribution in [-0.4, -0.2) is 25.5 Å². The second kappa shape index (κ2) is 9.22. The molecule has 5 nitrogen and oxygen atoms in total. The summed E-state index contributed by atoms with van der Waals surface area (Å²) in [6, 6.07) is 12.7. The van der Waals surface area contributed by atoms with E-state index in [1.165, 1.54) is 12.1 Å². The zero-order chi connectivity index (χ0) is 22.8. The zero-order valence-electron chi connectivity index (χ0n) is 18.7. The number of carbonyl (C=O) groups is 1. The minimum atomic E-state index is -0.217. The van der Waals surface area contributed by atoms with Gasteiger partial charge < -0.3 is 0 Å². The van der Waals surface area contributed by atoms with Crippen LogP contribution in [0.15, 0.2) is 61.1 Å². The highest BCUT2D eigenvalue weighted by molar-refractivity contribution is 5.84. The molecule has 1 aromatic carbocycles. The number of nitrogens with zero attached hydrogens (tertiary/aromatic N) is 4. The number of rotatable bonds is 6. The monoisotopic (exact) mass is 442 g/mol. The highest BCUT2D eigenvalue weighted by atomic mass is 19.1. The first kappa shape index (κ1) is 21.4. The van der Waals surface area contributed by atoms with Crippen LogP contribution in [0.2, 0.25) is 0 Å². The van der Waals surface area contributed by atoms with Crippen LogP contribution in [0.25, 0.3) is 16.6 Å². The number of ketones is 1. The van der Waals surface area contributed by atoms with Crippen LogP contribution >= 0.6 is 0 Å². The summed E-state index contributed by atoms with van der Waals surface area (Å²) in [5, 5.41) is 5.47. The number of halogens is 1. The Hall–Kier alpha value is -3.41. The molecule has 0 bridgehead atoms. The summed E-state index contributed by atoms with van der Waals surface area (Å²) in [6.07, 6.45) is 10.6. The first-order valence-corrected chi connectivity index (χ1v) is 11.6. The molecule has 1 aliphatic rings. The molecule has 3 aromatic heterocycles. The third kappa shape index (κ3) is 4.70. The van der Waals surface area contributed by atoms with Crippen molar-refractivity contribution >= 4 is 16.7 Å². The van der Waals surface area contributed by atoms with Gasteiger partial charge in [0.25, 0.3) is 0 Å². The largest absolute Gasteiger partial charge is 0.299 e. The lowest BCUT2D eigenvalue weighted by molar-refractivity contribution is -0.119. The van der Waals surface area contributed by atoms with Crippen LogP contribution < -0.4 is 0 Å². The third-order valence-electron chi connectivity index (χ3n) is 6.71. The molecule has 0 radical (unpaired) electrons. The topological polar surface area (TPSA) is 60.7 Å². The highest BCUT2D eigenvalue weighted by Crippen LogP contribution is 2.40. The maximum Gasteiger partial charge on any atom is 0.139 e. The smallest absolute Gasteiger partial charge is 0.139 e. The van der Waals surface area contributed by atoms with E-state index in [4.69, 9.17) is 0 Å². The number of aryl methyl sites for hydroxylation is 1. The Morgan fingerprint density at radius 1 is 1.06 bits per heavy atom. The van der Waals surface area contributed by atoms with Gasteiger partial charge in [-0.3, -0.25) is 14.8 Å². The predicted octanol–water partition coefficient (Wildman–Crippen LogP) is 5.74. The zero-order valence-corrected chi connectivity index (χ0v) is 18.7. The first-order chi connectivity index (χ1) is 16.1. The summed E-state index contributed by atoms with van der Waals surface area (Å²) in [6.45, 7) is 1.95. The van der Waals surface area contributed by atoms with E-state index in [9.17, 15) is 9.18 Å². The number of carbonyl (C=O) groups excluding carboxylic acids is 1. The Morgan fingerprint density at radius 3 is 2.70 bits per heavy atom. The van der Waals surface area contributed by atoms with E-state index >= 15 is 0 Å². The van der Waals surface area contributed by atoms with Crippen molar-refractivity contribution in [2.45, 2.75) is 51.4 Å². The molecule has 2 atom stereocenters. The lowest BCUT2D eigenvalue weighted by Crippen LogP contribution is -2.22. The summed E-state index contributed by atoms with van der Waals surface area (Å²) in [5.41, 5.74) is 4.68.